The Hall–Kier alpha value is -8.10. The standard InChI is InChI=1S/C51H58N8O13/c1-5-32-33-23-31(60)17-18-37(33)55-44-34(32)25-59-39(44)24-36-35(47(59)66)27-70-48(67)51(36,6-2)72-50(69)71-26-29-13-15-30(16-14-29)54-45(64)38(11-10-21-53-49(52)68)56-46(65)43(28(3)4)57-40(61)12-8-7-9-22-58-41(62)19-20-42(58)63/h13-20,23-24,28,38,43,60H,5-12,21-22,25-27H2,1-4H3,(H,54,64)(H,56,65)(H,57,61)(H3,52,53,68)/t38-,43+,51+/m1/s1. The number of urea groups is 1. The Kier molecular flexibility index (Phi) is 16.0. The van der Waals surface area contributed by atoms with Crippen LogP contribution in [-0.2, 0) is 74.8 Å². The number of nitrogens with two attached hydrogens (primary N) is 1. The van der Waals surface area contributed by atoms with Gasteiger partial charge < -0.3 is 50.9 Å². The molecule has 2 aromatic heterocycles. The van der Waals surface area contributed by atoms with Crippen molar-refractivity contribution in [2.45, 2.75) is 117 Å². The fraction of sp³-hybridized carbons (Fsp3) is 0.412. The van der Waals surface area contributed by atoms with Crippen molar-refractivity contribution < 1.29 is 57.7 Å². The minimum Gasteiger partial charge on any atom is -0.508 e. The van der Waals surface area contributed by atoms with E-state index in [1.165, 1.54) is 18.2 Å². The maximum absolute atomic E-state index is 14.1. The molecule has 0 aliphatic carbocycles. The molecule has 3 aliphatic rings. The maximum atomic E-state index is 14.1. The largest absolute Gasteiger partial charge is 0.510 e. The van der Waals surface area contributed by atoms with Crippen molar-refractivity contribution in [1.29, 1.82) is 0 Å². The number of pyridine rings is 2. The summed E-state index contributed by atoms with van der Waals surface area (Å²) < 4.78 is 18.3. The number of benzene rings is 2. The van der Waals surface area contributed by atoms with Gasteiger partial charge in [-0.05, 0) is 92.0 Å². The lowest BCUT2D eigenvalue weighted by molar-refractivity contribution is -0.175. The number of primary amides is 1. The molecule has 2 aromatic carbocycles. The van der Waals surface area contributed by atoms with Crippen LogP contribution >= 0.6 is 0 Å². The third-order valence-corrected chi connectivity index (χ3v) is 13.0. The van der Waals surface area contributed by atoms with Crippen LogP contribution in [0, 0.1) is 5.92 Å². The number of hydrogen-bond acceptors (Lipinski definition) is 14. The zero-order valence-electron chi connectivity index (χ0n) is 40.5. The van der Waals surface area contributed by atoms with Gasteiger partial charge in [-0.3, -0.25) is 33.7 Å². The van der Waals surface area contributed by atoms with E-state index in [0.29, 0.717) is 53.8 Å². The van der Waals surface area contributed by atoms with Crippen LogP contribution < -0.4 is 32.6 Å². The number of ether oxygens (including phenoxy) is 3. The summed E-state index contributed by atoms with van der Waals surface area (Å²) in [4.78, 5) is 122. The van der Waals surface area contributed by atoms with Gasteiger partial charge in [0.05, 0.1) is 29.0 Å². The van der Waals surface area contributed by atoms with Gasteiger partial charge in [-0.25, -0.2) is 19.4 Å². The van der Waals surface area contributed by atoms with Crippen molar-refractivity contribution in [2.24, 2.45) is 11.7 Å². The van der Waals surface area contributed by atoms with Crippen LogP contribution in [-0.4, -0.2) is 92.4 Å². The molecule has 21 nitrogen and oxygen atoms in total. The highest BCUT2D eigenvalue weighted by molar-refractivity contribution is 6.12. The molecule has 7 amide bonds. The minimum atomic E-state index is -2.02. The zero-order chi connectivity index (χ0) is 51.9. The number of carbonyl (C=O) groups is 8. The van der Waals surface area contributed by atoms with E-state index in [4.69, 9.17) is 24.9 Å². The van der Waals surface area contributed by atoms with E-state index < -0.39 is 53.2 Å². The lowest BCUT2D eigenvalue weighted by Gasteiger charge is -2.35. The second-order valence-electron chi connectivity index (χ2n) is 18.1. The summed E-state index contributed by atoms with van der Waals surface area (Å²) >= 11 is 0. The molecule has 72 heavy (non-hydrogen) atoms. The number of carbonyl (C=O) groups excluding carboxylic acids is 8. The summed E-state index contributed by atoms with van der Waals surface area (Å²) in [5.41, 5.74) is 7.22. The van der Waals surface area contributed by atoms with Gasteiger partial charge in [-0.2, -0.15) is 0 Å². The van der Waals surface area contributed by atoms with Gasteiger partial charge >= 0.3 is 18.2 Å². The minimum absolute atomic E-state index is 0.0875. The van der Waals surface area contributed by atoms with Crippen LogP contribution in [0.1, 0.15) is 100 Å². The lowest BCUT2D eigenvalue weighted by Crippen LogP contribution is -2.54. The Morgan fingerprint density at radius 1 is 0.903 bits per heavy atom. The first-order valence-electron chi connectivity index (χ1n) is 24.0. The third kappa shape index (κ3) is 11.2. The van der Waals surface area contributed by atoms with Crippen molar-refractivity contribution in [1.82, 2.24) is 30.4 Å². The van der Waals surface area contributed by atoms with E-state index in [-0.39, 0.29) is 99.0 Å². The number of nitrogens with zero attached hydrogens (tertiary/aromatic N) is 3. The van der Waals surface area contributed by atoms with Crippen LogP contribution in [0.3, 0.4) is 0 Å². The molecule has 0 bridgehead atoms. The number of aryl methyl sites for hydroxylation is 1. The molecule has 3 aliphatic heterocycles. The topological polar surface area (TPSA) is 297 Å². The van der Waals surface area contributed by atoms with Crippen LogP contribution in [0.15, 0.2) is 65.5 Å². The number of phenolic OH excluding ortho intramolecular Hbond substituents is 1. The SMILES string of the molecule is CCc1c2c(nc3ccc(O)cc13)-c1cc3c(c(=O)n1C2)COC(=O)[C@@]3(CC)OC(=O)OCc1ccc(NC(=O)[C@@H](CCCNC(N)=O)NC(=O)[C@@H](NC(=O)CCCCCN2C(=O)C=CC2=O)C(C)C)cc1. The molecule has 21 heteroatoms. The first kappa shape index (κ1) is 51.7. The van der Waals surface area contributed by atoms with E-state index in [0.717, 1.165) is 21.4 Å². The molecular formula is C51H58N8O13. The Balaban J connectivity index is 0.970. The van der Waals surface area contributed by atoms with E-state index in [2.05, 4.69) is 21.3 Å². The van der Waals surface area contributed by atoms with Gasteiger partial charge in [-0.15, -0.1) is 0 Å². The van der Waals surface area contributed by atoms with E-state index >= 15 is 0 Å². The Labute approximate surface area is 413 Å². The second-order valence-corrected chi connectivity index (χ2v) is 18.1. The van der Waals surface area contributed by atoms with Gasteiger partial charge in [0.2, 0.25) is 23.3 Å². The zero-order valence-corrected chi connectivity index (χ0v) is 40.5. The molecule has 380 valence electrons. The summed E-state index contributed by atoms with van der Waals surface area (Å²) in [6.07, 6.45) is 3.69. The molecule has 3 atom stereocenters. The molecule has 0 unspecified atom stereocenters. The van der Waals surface area contributed by atoms with Crippen molar-refractivity contribution in [3.8, 4) is 17.1 Å². The first-order chi connectivity index (χ1) is 34.4. The first-order valence-corrected chi connectivity index (χ1v) is 24.0. The lowest BCUT2D eigenvalue weighted by atomic mass is 9.85. The number of rotatable bonds is 21. The molecular weight excluding hydrogens is 933 g/mol. The smallest absolute Gasteiger partial charge is 0.508 e. The molecule has 0 fully saturated rings. The van der Waals surface area contributed by atoms with Crippen molar-refractivity contribution in [3.63, 3.8) is 0 Å². The molecule has 7 N–H and O–H groups in total. The van der Waals surface area contributed by atoms with E-state index in [1.807, 2.05) is 6.92 Å². The number of fused-ring (bicyclic) bond motifs is 5. The second kappa shape index (κ2) is 22.3. The number of esters is 1. The molecule has 0 saturated heterocycles. The molecule has 5 heterocycles. The predicted octanol–water partition coefficient (Wildman–Crippen LogP) is 4.21. The van der Waals surface area contributed by atoms with Crippen LogP contribution in [0.2, 0.25) is 0 Å². The number of unbranched alkanes of at least 4 members (excludes halogenated alkanes) is 2. The van der Waals surface area contributed by atoms with Gasteiger partial charge in [0, 0.05) is 53.9 Å². The van der Waals surface area contributed by atoms with Crippen molar-refractivity contribution in [3.05, 3.63) is 98.9 Å². The van der Waals surface area contributed by atoms with Crippen molar-refractivity contribution in [2.75, 3.05) is 18.4 Å². The van der Waals surface area contributed by atoms with Gasteiger partial charge in [0.25, 0.3) is 17.4 Å². The summed E-state index contributed by atoms with van der Waals surface area (Å²) in [6, 6.07) is 9.90. The molecule has 4 aromatic rings. The highest BCUT2D eigenvalue weighted by atomic mass is 16.7. The Morgan fingerprint density at radius 2 is 1.64 bits per heavy atom. The van der Waals surface area contributed by atoms with Gasteiger partial charge in [-0.1, -0.05) is 46.2 Å². The average Bonchev–Trinajstić information content (AvgIpc) is 3.88. The molecule has 7 rings (SSSR count). The molecule has 0 spiro atoms. The molecule has 0 radical (unpaired) electrons. The van der Waals surface area contributed by atoms with Crippen molar-refractivity contribution >= 4 is 64.3 Å². The normalized spacial score (nSPS) is 16.3. The number of nitrogens with one attached hydrogen (secondary N) is 4. The molecule has 0 saturated carbocycles. The number of cyclic esters (lactones) is 1. The predicted molar refractivity (Wildman–Crippen MR) is 260 cm³/mol. The summed E-state index contributed by atoms with van der Waals surface area (Å²) in [7, 11) is 0. The summed E-state index contributed by atoms with van der Waals surface area (Å²) in [5, 5.41) is 21.7. The maximum Gasteiger partial charge on any atom is 0.510 e. The number of hydrogen-bond donors (Lipinski definition) is 6. The number of aromatic nitrogens is 2. The van der Waals surface area contributed by atoms with E-state index in [1.54, 1.807) is 67.8 Å². The van der Waals surface area contributed by atoms with Crippen LogP contribution in [0.4, 0.5) is 15.3 Å². The number of phenols is 1. The number of anilines is 1. The number of aromatic hydroxyl groups is 1. The fourth-order valence-electron chi connectivity index (χ4n) is 9.15. The van der Waals surface area contributed by atoms with Crippen LogP contribution in [0.5, 0.6) is 5.75 Å². The average molecular weight is 991 g/mol. The van der Waals surface area contributed by atoms with Gasteiger partial charge in [0.1, 0.15) is 31.0 Å². The third-order valence-electron chi connectivity index (χ3n) is 13.0. The summed E-state index contributed by atoms with van der Waals surface area (Å²) in [5.74, 6) is -3.47. The highest BCUT2D eigenvalue weighted by Crippen LogP contribution is 2.42. The van der Waals surface area contributed by atoms with Gasteiger partial charge in [0.15, 0.2) is 0 Å². The Morgan fingerprint density at radius 3 is 2.32 bits per heavy atom. The quantitative estimate of drug-likeness (QED) is 0.0341. The monoisotopic (exact) mass is 990 g/mol. The van der Waals surface area contributed by atoms with E-state index in [9.17, 15) is 48.3 Å². The number of amides is 7. The van der Waals surface area contributed by atoms with Crippen LogP contribution in [0.25, 0.3) is 22.3 Å². The summed E-state index contributed by atoms with van der Waals surface area (Å²) in [6.45, 7) is 7.01. The Bertz CT molecular complexity index is 2900. The number of imide groups is 1. The highest BCUT2D eigenvalue weighted by Gasteiger charge is 2.51. The fourth-order valence-corrected chi connectivity index (χ4v) is 9.15.